The molecule has 0 radical (unpaired) electrons. The minimum Gasteiger partial charge on any atom is -0.481 e. The molecule has 5 heteroatoms. The van der Waals surface area contributed by atoms with Crippen LogP contribution in [0.1, 0.15) is 39.5 Å². The molecule has 1 amide bonds. The summed E-state index contributed by atoms with van der Waals surface area (Å²) in [6.07, 6.45) is 4.16. The molecule has 0 bridgehead atoms. The molecule has 0 aromatic heterocycles. The number of likely N-dealkylation sites (tertiary alicyclic amines) is 2. The molecule has 2 fully saturated rings. The third kappa shape index (κ3) is 3.32. The molecule has 2 atom stereocenters. The Hall–Kier alpha value is -1.10. The van der Waals surface area contributed by atoms with Crippen LogP contribution in [0.3, 0.4) is 0 Å². The van der Waals surface area contributed by atoms with E-state index < -0.39 is 5.97 Å². The highest BCUT2D eigenvalue weighted by Gasteiger charge is 2.37. The van der Waals surface area contributed by atoms with Gasteiger partial charge in [0.15, 0.2) is 0 Å². The summed E-state index contributed by atoms with van der Waals surface area (Å²) in [6.45, 7) is 7.12. The number of nitrogens with zero attached hydrogens (tertiary/aromatic N) is 2. The van der Waals surface area contributed by atoms with E-state index in [4.69, 9.17) is 5.11 Å². The Kier molecular flexibility index (Phi) is 5.02. The number of rotatable bonds is 4. The Bertz CT molecular complexity index is 364. The van der Waals surface area contributed by atoms with Gasteiger partial charge >= 0.3 is 5.97 Å². The van der Waals surface area contributed by atoms with Crippen LogP contribution in [0.15, 0.2) is 0 Å². The first-order valence-corrected chi connectivity index (χ1v) is 7.76. The zero-order chi connectivity index (χ0) is 14.7. The van der Waals surface area contributed by atoms with Crippen LogP contribution in [0.5, 0.6) is 0 Å². The van der Waals surface area contributed by atoms with Crippen molar-refractivity contribution in [1.29, 1.82) is 0 Å². The number of amides is 1. The molecule has 0 aliphatic carbocycles. The highest BCUT2D eigenvalue weighted by atomic mass is 16.4. The first kappa shape index (κ1) is 15.3. The van der Waals surface area contributed by atoms with Gasteiger partial charge in [0.1, 0.15) is 0 Å². The van der Waals surface area contributed by atoms with E-state index >= 15 is 0 Å². The number of hydrogen-bond acceptors (Lipinski definition) is 3. The lowest BCUT2D eigenvalue weighted by atomic mass is 9.98. The molecule has 0 unspecified atom stereocenters. The smallest absolute Gasteiger partial charge is 0.308 e. The maximum Gasteiger partial charge on any atom is 0.308 e. The molecule has 5 nitrogen and oxygen atoms in total. The lowest BCUT2D eigenvalue weighted by Crippen LogP contribution is -2.52. The van der Waals surface area contributed by atoms with E-state index in [9.17, 15) is 9.59 Å². The van der Waals surface area contributed by atoms with Crippen LogP contribution in [0.2, 0.25) is 0 Å². The predicted octanol–water partition coefficient (Wildman–Crippen LogP) is 1.43. The maximum absolute atomic E-state index is 12.7. The second kappa shape index (κ2) is 6.57. The number of carboxylic acids is 1. The van der Waals surface area contributed by atoms with Gasteiger partial charge in [0.25, 0.3) is 0 Å². The van der Waals surface area contributed by atoms with Crippen molar-refractivity contribution >= 4 is 11.9 Å². The van der Waals surface area contributed by atoms with Crippen LogP contribution < -0.4 is 0 Å². The quantitative estimate of drug-likeness (QED) is 0.847. The summed E-state index contributed by atoms with van der Waals surface area (Å²) in [6, 6.07) is -0.0807. The number of carbonyl (C=O) groups excluding carboxylic acids is 1. The van der Waals surface area contributed by atoms with Gasteiger partial charge in [0.2, 0.25) is 5.91 Å². The molecule has 0 aromatic carbocycles. The third-order valence-corrected chi connectivity index (χ3v) is 4.52. The Balaban J connectivity index is 2.02. The second-order valence-electron chi connectivity index (χ2n) is 6.39. The highest BCUT2D eigenvalue weighted by Crippen LogP contribution is 2.23. The summed E-state index contributed by atoms with van der Waals surface area (Å²) in [7, 11) is 0. The Labute approximate surface area is 120 Å². The number of hydrogen-bond donors (Lipinski definition) is 1. The fraction of sp³-hybridized carbons (Fsp3) is 0.867. The van der Waals surface area contributed by atoms with Gasteiger partial charge in [-0.1, -0.05) is 20.3 Å². The first-order chi connectivity index (χ1) is 9.50. The molecule has 2 heterocycles. The molecule has 2 aliphatic heterocycles. The average molecular weight is 282 g/mol. The van der Waals surface area contributed by atoms with Gasteiger partial charge in [0, 0.05) is 13.1 Å². The van der Waals surface area contributed by atoms with Crippen LogP contribution in [-0.4, -0.2) is 59.0 Å². The van der Waals surface area contributed by atoms with Crippen molar-refractivity contribution in [1.82, 2.24) is 9.80 Å². The summed E-state index contributed by atoms with van der Waals surface area (Å²) in [4.78, 5) is 27.8. The predicted molar refractivity (Wildman–Crippen MR) is 76.4 cm³/mol. The van der Waals surface area contributed by atoms with Crippen LogP contribution >= 0.6 is 0 Å². The van der Waals surface area contributed by atoms with Gasteiger partial charge in [-0.25, -0.2) is 0 Å². The monoisotopic (exact) mass is 282 g/mol. The summed E-state index contributed by atoms with van der Waals surface area (Å²) in [5.74, 6) is -0.761. The van der Waals surface area contributed by atoms with E-state index in [-0.39, 0.29) is 23.8 Å². The van der Waals surface area contributed by atoms with Crippen molar-refractivity contribution in [2.75, 3.05) is 26.2 Å². The minimum absolute atomic E-state index is 0.0807. The molecule has 0 aromatic rings. The Morgan fingerprint density at radius 3 is 2.25 bits per heavy atom. The molecule has 0 spiro atoms. The molecule has 2 aliphatic rings. The Morgan fingerprint density at radius 2 is 1.75 bits per heavy atom. The van der Waals surface area contributed by atoms with Crippen LogP contribution in [-0.2, 0) is 9.59 Å². The molecule has 0 saturated carbocycles. The van der Waals surface area contributed by atoms with Crippen LogP contribution in [0, 0.1) is 11.8 Å². The topological polar surface area (TPSA) is 60.9 Å². The van der Waals surface area contributed by atoms with Crippen molar-refractivity contribution in [2.24, 2.45) is 11.8 Å². The number of piperidine rings is 1. The van der Waals surface area contributed by atoms with Crippen molar-refractivity contribution in [3.8, 4) is 0 Å². The van der Waals surface area contributed by atoms with E-state index in [0.29, 0.717) is 19.5 Å². The van der Waals surface area contributed by atoms with E-state index in [1.54, 1.807) is 4.90 Å². The van der Waals surface area contributed by atoms with Crippen molar-refractivity contribution in [2.45, 2.75) is 45.6 Å². The average Bonchev–Trinajstić information content (AvgIpc) is 2.89. The Morgan fingerprint density at radius 1 is 1.10 bits per heavy atom. The van der Waals surface area contributed by atoms with E-state index in [2.05, 4.69) is 18.7 Å². The zero-order valence-corrected chi connectivity index (χ0v) is 12.5. The summed E-state index contributed by atoms with van der Waals surface area (Å²) in [5.41, 5.74) is 0. The van der Waals surface area contributed by atoms with Crippen molar-refractivity contribution in [3.05, 3.63) is 0 Å². The van der Waals surface area contributed by atoms with Crippen LogP contribution in [0.4, 0.5) is 0 Å². The van der Waals surface area contributed by atoms with Crippen molar-refractivity contribution < 1.29 is 14.7 Å². The standard InChI is InChI=1S/C15H26N2O3/c1-11(2)13(16-7-4-3-5-8-16)14(18)17-9-6-12(10-17)15(19)20/h11-13H,3-10H2,1-2H3,(H,19,20)/t12-,13-/m0/s1. The van der Waals surface area contributed by atoms with Crippen LogP contribution in [0.25, 0.3) is 0 Å². The summed E-state index contributed by atoms with van der Waals surface area (Å²) >= 11 is 0. The fourth-order valence-electron chi connectivity index (χ4n) is 3.41. The highest BCUT2D eigenvalue weighted by molar-refractivity contribution is 5.83. The SMILES string of the molecule is CC(C)[C@@H](C(=O)N1CC[C@H](C(=O)O)C1)N1CCCCC1. The van der Waals surface area contributed by atoms with Gasteiger partial charge < -0.3 is 10.0 Å². The van der Waals surface area contributed by atoms with Gasteiger partial charge in [0.05, 0.1) is 12.0 Å². The van der Waals surface area contributed by atoms with E-state index in [0.717, 1.165) is 25.9 Å². The normalized spacial score (nSPS) is 25.9. The lowest BCUT2D eigenvalue weighted by molar-refractivity contribution is -0.142. The second-order valence-corrected chi connectivity index (χ2v) is 6.39. The van der Waals surface area contributed by atoms with Gasteiger partial charge in [-0.05, 0) is 38.3 Å². The summed E-state index contributed by atoms with van der Waals surface area (Å²) < 4.78 is 0. The summed E-state index contributed by atoms with van der Waals surface area (Å²) in [5, 5.41) is 9.06. The fourth-order valence-corrected chi connectivity index (χ4v) is 3.41. The molecule has 2 rings (SSSR count). The largest absolute Gasteiger partial charge is 0.481 e. The maximum atomic E-state index is 12.7. The molecular weight excluding hydrogens is 256 g/mol. The van der Waals surface area contributed by atoms with E-state index in [1.165, 1.54) is 6.42 Å². The molecule has 20 heavy (non-hydrogen) atoms. The number of carboxylic acid groups (broad SMARTS) is 1. The van der Waals surface area contributed by atoms with Crippen molar-refractivity contribution in [3.63, 3.8) is 0 Å². The number of aliphatic carboxylic acids is 1. The minimum atomic E-state index is -0.778. The van der Waals surface area contributed by atoms with Gasteiger partial charge in [-0.15, -0.1) is 0 Å². The molecule has 2 saturated heterocycles. The van der Waals surface area contributed by atoms with Gasteiger partial charge in [-0.3, -0.25) is 14.5 Å². The van der Waals surface area contributed by atoms with E-state index in [1.807, 2.05) is 0 Å². The first-order valence-electron chi connectivity index (χ1n) is 7.76. The third-order valence-electron chi connectivity index (χ3n) is 4.52. The number of carbonyl (C=O) groups is 2. The molecular formula is C15H26N2O3. The van der Waals surface area contributed by atoms with Gasteiger partial charge in [-0.2, -0.15) is 0 Å². The lowest BCUT2D eigenvalue weighted by Gasteiger charge is -2.37. The molecule has 1 N–H and O–H groups in total. The zero-order valence-electron chi connectivity index (χ0n) is 12.5. The molecule has 114 valence electrons.